The molecule has 0 unspecified atom stereocenters. The number of imidazole rings is 1. The van der Waals surface area contributed by atoms with Crippen molar-refractivity contribution in [2.75, 3.05) is 0 Å². The Morgan fingerprint density at radius 1 is 1.12 bits per heavy atom. The van der Waals surface area contributed by atoms with E-state index in [4.69, 9.17) is 4.74 Å². The SMILES string of the molecule is CC(=O)NCc1ccc(C(=O)OCc2cn3cc(C)ccc3n2)cc1. The number of aromatic nitrogens is 2. The Hall–Kier alpha value is -3.15. The van der Waals surface area contributed by atoms with Crippen LogP contribution in [0.15, 0.2) is 48.8 Å². The van der Waals surface area contributed by atoms with Crippen molar-refractivity contribution < 1.29 is 14.3 Å². The third kappa shape index (κ3) is 4.23. The lowest BCUT2D eigenvalue weighted by Crippen LogP contribution is -2.18. The minimum Gasteiger partial charge on any atom is -0.456 e. The molecule has 2 aromatic heterocycles. The molecule has 25 heavy (non-hydrogen) atoms. The van der Waals surface area contributed by atoms with Gasteiger partial charge < -0.3 is 14.5 Å². The number of carbonyl (C=O) groups is 2. The van der Waals surface area contributed by atoms with E-state index in [-0.39, 0.29) is 12.5 Å². The summed E-state index contributed by atoms with van der Waals surface area (Å²) in [5.41, 5.74) is 4.03. The van der Waals surface area contributed by atoms with Crippen LogP contribution in [0.5, 0.6) is 0 Å². The number of ether oxygens (including phenoxy) is 1. The summed E-state index contributed by atoms with van der Waals surface area (Å²) in [6.45, 7) is 4.03. The molecule has 0 aliphatic carbocycles. The number of carbonyl (C=O) groups excluding carboxylic acids is 2. The van der Waals surface area contributed by atoms with Crippen molar-refractivity contribution in [1.29, 1.82) is 0 Å². The number of fused-ring (bicyclic) bond motifs is 1. The van der Waals surface area contributed by atoms with E-state index in [1.165, 1.54) is 6.92 Å². The average Bonchev–Trinajstić information content (AvgIpc) is 3.00. The van der Waals surface area contributed by atoms with Crippen molar-refractivity contribution in [2.45, 2.75) is 27.0 Å². The Balaban J connectivity index is 1.60. The van der Waals surface area contributed by atoms with Gasteiger partial charge in [0.15, 0.2) is 0 Å². The van der Waals surface area contributed by atoms with Crippen molar-refractivity contribution in [1.82, 2.24) is 14.7 Å². The van der Waals surface area contributed by atoms with E-state index in [1.807, 2.05) is 35.9 Å². The molecule has 2 heterocycles. The van der Waals surface area contributed by atoms with Crippen molar-refractivity contribution in [2.24, 2.45) is 0 Å². The summed E-state index contributed by atoms with van der Waals surface area (Å²) in [6, 6.07) is 10.9. The quantitative estimate of drug-likeness (QED) is 0.727. The summed E-state index contributed by atoms with van der Waals surface area (Å²) in [7, 11) is 0. The summed E-state index contributed by atoms with van der Waals surface area (Å²) in [5.74, 6) is -0.495. The zero-order valence-electron chi connectivity index (χ0n) is 14.2. The molecule has 3 aromatic rings. The number of nitrogens with one attached hydrogen (secondary N) is 1. The minimum absolute atomic E-state index is 0.0915. The van der Waals surface area contributed by atoms with Crippen molar-refractivity contribution >= 4 is 17.5 Å². The number of pyridine rings is 1. The van der Waals surface area contributed by atoms with Crippen LogP contribution >= 0.6 is 0 Å². The zero-order valence-corrected chi connectivity index (χ0v) is 14.2. The van der Waals surface area contributed by atoms with Gasteiger partial charge >= 0.3 is 5.97 Å². The Morgan fingerprint density at radius 2 is 1.88 bits per heavy atom. The van der Waals surface area contributed by atoms with Crippen molar-refractivity contribution in [3.8, 4) is 0 Å². The first-order valence-electron chi connectivity index (χ1n) is 7.96. The van der Waals surface area contributed by atoms with E-state index in [0.29, 0.717) is 17.8 Å². The fourth-order valence-electron chi connectivity index (χ4n) is 2.43. The summed E-state index contributed by atoms with van der Waals surface area (Å²) in [4.78, 5) is 27.5. The molecule has 0 aliphatic rings. The predicted octanol–water partition coefficient (Wildman–Crippen LogP) is 2.64. The molecule has 128 valence electrons. The van der Waals surface area contributed by atoms with Gasteiger partial charge in [0.05, 0.1) is 11.3 Å². The van der Waals surface area contributed by atoms with Crippen LogP contribution in [0, 0.1) is 6.92 Å². The monoisotopic (exact) mass is 337 g/mol. The van der Waals surface area contributed by atoms with Gasteiger partial charge in [-0.15, -0.1) is 0 Å². The lowest BCUT2D eigenvalue weighted by molar-refractivity contribution is -0.119. The number of rotatable bonds is 5. The third-order valence-electron chi connectivity index (χ3n) is 3.73. The predicted molar refractivity (Wildman–Crippen MR) is 93.0 cm³/mol. The highest BCUT2D eigenvalue weighted by Crippen LogP contribution is 2.10. The highest BCUT2D eigenvalue weighted by Gasteiger charge is 2.09. The number of hydrogen-bond donors (Lipinski definition) is 1. The van der Waals surface area contributed by atoms with Gasteiger partial charge in [-0.2, -0.15) is 0 Å². The average molecular weight is 337 g/mol. The normalized spacial score (nSPS) is 10.6. The number of nitrogens with zero attached hydrogens (tertiary/aromatic N) is 2. The molecule has 0 bridgehead atoms. The molecule has 0 atom stereocenters. The molecule has 0 saturated heterocycles. The van der Waals surface area contributed by atoms with Gasteiger partial charge in [-0.25, -0.2) is 9.78 Å². The maximum atomic E-state index is 12.1. The number of hydrogen-bond acceptors (Lipinski definition) is 4. The summed E-state index contributed by atoms with van der Waals surface area (Å²) in [5, 5.41) is 2.71. The van der Waals surface area contributed by atoms with Crippen LogP contribution in [0.25, 0.3) is 5.65 Å². The molecule has 0 fully saturated rings. The summed E-state index contributed by atoms with van der Waals surface area (Å²) < 4.78 is 7.24. The number of amides is 1. The van der Waals surface area contributed by atoms with Gasteiger partial charge in [-0.3, -0.25) is 4.79 Å². The molecule has 0 radical (unpaired) electrons. The molecule has 3 rings (SSSR count). The molecule has 0 spiro atoms. The molecule has 1 amide bonds. The van der Waals surface area contributed by atoms with E-state index in [0.717, 1.165) is 16.8 Å². The van der Waals surface area contributed by atoms with Gasteiger partial charge in [0, 0.05) is 25.9 Å². The van der Waals surface area contributed by atoms with E-state index in [9.17, 15) is 9.59 Å². The molecule has 0 aliphatic heterocycles. The minimum atomic E-state index is -0.403. The molecule has 6 heteroatoms. The van der Waals surface area contributed by atoms with Crippen LogP contribution in [0.3, 0.4) is 0 Å². The van der Waals surface area contributed by atoms with Gasteiger partial charge in [0.1, 0.15) is 12.3 Å². The summed E-state index contributed by atoms with van der Waals surface area (Å²) >= 11 is 0. The van der Waals surface area contributed by atoms with Gasteiger partial charge in [0.25, 0.3) is 0 Å². The Labute approximate surface area is 145 Å². The van der Waals surface area contributed by atoms with E-state index < -0.39 is 5.97 Å². The standard InChI is InChI=1S/C19H19N3O3/c1-13-3-8-18-21-17(11-22(18)10-13)12-25-19(24)16-6-4-15(5-7-16)9-20-14(2)23/h3-8,10-11H,9,12H2,1-2H3,(H,20,23). The zero-order chi connectivity index (χ0) is 17.8. The topological polar surface area (TPSA) is 72.7 Å². The molecular formula is C19H19N3O3. The second-order valence-corrected chi connectivity index (χ2v) is 5.89. The first-order valence-corrected chi connectivity index (χ1v) is 7.96. The van der Waals surface area contributed by atoms with Crippen LogP contribution in [-0.2, 0) is 22.7 Å². The first kappa shape index (κ1) is 16.7. The Morgan fingerprint density at radius 3 is 2.60 bits per heavy atom. The second kappa shape index (κ2) is 7.17. The Kier molecular flexibility index (Phi) is 4.79. The molecular weight excluding hydrogens is 318 g/mol. The van der Waals surface area contributed by atoms with Crippen LogP contribution in [0.2, 0.25) is 0 Å². The van der Waals surface area contributed by atoms with Gasteiger partial charge in [0.2, 0.25) is 5.91 Å². The Bertz CT molecular complexity index is 913. The fourth-order valence-corrected chi connectivity index (χ4v) is 2.43. The van der Waals surface area contributed by atoms with E-state index in [1.54, 1.807) is 24.3 Å². The molecule has 0 saturated carbocycles. The smallest absolute Gasteiger partial charge is 0.338 e. The van der Waals surface area contributed by atoms with E-state index >= 15 is 0 Å². The lowest BCUT2D eigenvalue weighted by atomic mass is 10.1. The van der Waals surface area contributed by atoms with Crippen LogP contribution < -0.4 is 5.32 Å². The van der Waals surface area contributed by atoms with Gasteiger partial charge in [-0.05, 0) is 36.2 Å². The largest absolute Gasteiger partial charge is 0.456 e. The van der Waals surface area contributed by atoms with Crippen LogP contribution in [-0.4, -0.2) is 21.3 Å². The molecule has 6 nitrogen and oxygen atoms in total. The molecule has 1 aromatic carbocycles. The fraction of sp³-hybridized carbons (Fsp3) is 0.211. The maximum Gasteiger partial charge on any atom is 0.338 e. The van der Waals surface area contributed by atoms with Crippen molar-refractivity contribution in [3.63, 3.8) is 0 Å². The highest BCUT2D eigenvalue weighted by atomic mass is 16.5. The third-order valence-corrected chi connectivity index (χ3v) is 3.73. The van der Waals surface area contributed by atoms with E-state index in [2.05, 4.69) is 10.3 Å². The molecule has 1 N–H and O–H groups in total. The first-order chi connectivity index (χ1) is 12.0. The highest BCUT2D eigenvalue weighted by molar-refractivity contribution is 5.89. The number of benzene rings is 1. The summed E-state index contributed by atoms with van der Waals surface area (Å²) in [6.07, 6.45) is 3.83. The van der Waals surface area contributed by atoms with Crippen LogP contribution in [0.1, 0.15) is 34.1 Å². The van der Waals surface area contributed by atoms with Crippen molar-refractivity contribution in [3.05, 3.63) is 71.2 Å². The van der Waals surface area contributed by atoms with Crippen LogP contribution in [0.4, 0.5) is 0 Å². The lowest BCUT2D eigenvalue weighted by Gasteiger charge is -2.05. The number of esters is 1. The second-order valence-electron chi connectivity index (χ2n) is 5.89. The number of aryl methyl sites for hydroxylation is 1. The maximum absolute atomic E-state index is 12.1. The van der Waals surface area contributed by atoms with Gasteiger partial charge in [-0.1, -0.05) is 18.2 Å².